The van der Waals surface area contributed by atoms with Gasteiger partial charge in [0.2, 0.25) is 0 Å². The first-order valence-electron chi connectivity index (χ1n) is 3.42. The van der Waals surface area contributed by atoms with Gasteiger partial charge < -0.3 is 0 Å². The van der Waals surface area contributed by atoms with Gasteiger partial charge >= 0.3 is 0 Å². The summed E-state index contributed by atoms with van der Waals surface area (Å²) in [6, 6.07) is 0. The van der Waals surface area contributed by atoms with Gasteiger partial charge in [0.1, 0.15) is 0 Å². The molecule has 64 valence electrons. The van der Waals surface area contributed by atoms with Gasteiger partial charge in [-0.15, -0.1) is 24.8 Å². The number of hydrazine groups is 1. The fraction of sp³-hybridized carbons (Fsp3) is 1.00. The molecular weight excluding hydrogens is 171 g/mol. The summed E-state index contributed by atoms with van der Waals surface area (Å²) in [6.45, 7) is 5.83. The molecule has 1 saturated heterocycles. The van der Waals surface area contributed by atoms with Crippen molar-refractivity contribution < 1.29 is 0 Å². The maximum Gasteiger partial charge on any atom is 0.0143 e. The van der Waals surface area contributed by atoms with E-state index in [0.29, 0.717) is 0 Å². The lowest BCUT2D eigenvalue weighted by molar-refractivity contribution is 0.109. The Morgan fingerprint density at radius 3 is 2.20 bits per heavy atom. The van der Waals surface area contributed by atoms with Gasteiger partial charge in [0.05, 0.1) is 0 Å². The van der Waals surface area contributed by atoms with Crippen molar-refractivity contribution in [3.05, 3.63) is 0 Å². The smallest absolute Gasteiger partial charge is 0.0143 e. The van der Waals surface area contributed by atoms with Crippen LogP contribution in [0, 0.1) is 0 Å². The molecule has 1 heterocycles. The van der Waals surface area contributed by atoms with Crippen molar-refractivity contribution in [2.45, 2.75) is 19.8 Å². The van der Waals surface area contributed by atoms with E-state index in [9.17, 15) is 0 Å². The van der Waals surface area contributed by atoms with E-state index in [2.05, 4.69) is 17.4 Å². The molecule has 0 saturated carbocycles. The quantitative estimate of drug-likeness (QED) is 0.719. The second-order valence-electron chi connectivity index (χ2n) is 2.25. The topological polar surface area (TPSA) is 15.3 Å². The molecule has 0 aromatic rings. The highest BCUT2D eigenvalue weighted by Gasteiger charge is 2.10. The second-order valence-corrected chi connectivity index (χ2v) is 2.25. The highest BCUT2D eigenvalue weighted by molar-refractivity contribution is 5.85. The molecule has 0 unspecified atom stereocenters. The average molecular weight is 187 g/mol. The van der Waals surface area contributed by atoms with Crippen molar-refractivity contribution in [3.8, 4) is 0 Å². The first kappa shape index (κ1) is 13.1. The Hall–Kier alpha value is 0.500. The maximum absolute atomic E-state index is 3.30. The fourth-order valence-electron chi connectivity index (χ4n) is 0.744. The number of nitrogens with one attached hydrogen (secondary N) is 1. The van der Waals surface area contributed by atoms with E-state index in [4.69, 9.17) is 0 Å². The molecule has 0 amide bonds. The highest BCUT2D eigenvalue weighted by atomic mass is 35.5. The third-order valence-electron chi connectivity index (χ3n) is 1.44. The molecule has 0 aromatic carbocycles. The normalized spacial score (nSPS) is 16.5. The van der Waals surface area contributed by atoms with Gasteiger partial charge in [0.25, 0.3) is 0 Å². The Morgan fingerprint density at radius 2 is 1.90 bits per heavy atom. The monoisotopic (exact) mass is 186 g/mol. The zero-order valence-corrected chi connectivity index (χ0v) is 7.93. The first-order chi connectivity index (χ1) is 3.93. The number of hydrogen-bond acceptors (Lipinski definition) is 2. The minimum Gasteiger partial charge on any atom is -0.255 e. The summed E-state index contributed by atoms with van der Waals surface area (Å²) in [6.07, 6.45) is 2.60. The summed E-state index contributed by atoms with van der Waals surface area (Å²) in [7, 11) is 0. The molecule has 10 heavy (non-hydrogen) atoms. The molecule has 1 aliphatic rings. The lowest BCUT2D eigenvalue weighted by Gasteiger charge is -2.30. The van der Waals surface area contributed by atoms with Crippen LogP contribution in [0.3, 0.4) is 0 Å². The first-order valence-corrected chi connectivity index (χ1v) is 3.42. The molecule has 1 rings (SSSR count). The van der Waals surface area contributed by atoms with E-state index in [0.717, 1.165) is 6.54 Å². The van der Waals surface area contributed by atoms with Crippen LogP contribution >= 0.6 is 24.8 Å². The van der Waals surface area contributed by atoms with Crippen LogP contribution < -0.4 is 5.43 Å². The standard InChI is InChI=1S/C6H14N2.2ClH/c1-2-4-7-8-5-3-6-8;;/h7H,2-6H2,1H3;2*1H. The van der Waals surface area contributed by atoms with Gasteiger partial charge in [0.15, 0.2) is 0 Å². The van der Waals surface area contributed by atoms with Gasteiger partial charge in [-0.05, 0) is 12.8 Å². The highest BCUT2D eigenvalue weighted by Crippen LogP contribution is 1.99. The molecule has 0 spiro atoms. The minimum absolute atomic E-state index is 0. The van der Waals surface area contributed by atoms with Gasteiger partial charge in [-0.2, -0.15) is 0 Å². The summed E-state index contributed by atoms with van der Waals surface area (Å²) >= 11 is 0. The van der Waals surface area contributed by atoms with Crippen LogP contribution in [0.15, 0.2) is 0 Å². The lowest BCUT2D eigenvalue weighted by atomic mass is 10.3. The van der Waals surface area contributed by atoms with E-state index >= 15 is 0 Å². The second kappa shape index (κ2) is 7.61. The fourth-order valence-corrected chi connectivity index (χ4v) is 0.744. The largest absolute Gasteiger partial charge is 0.255 e. The molecule has 0 bridgehead atoms. The predicted octanol–water partition coefficient (Wildman–Crippen LogP) is 1.45. The molecule has 1 aliphatic heterocycles. The molecule has 1 fully saturated rings. The SMILES string of the molecule is CCCNN1CCC1.Cl.Cl. The number of nitrogens with zero attached hydrogens (tertiary/aromatic N) is 1. The molecule has 0 radical (unpaired) electrons. The number of halogens is 2. The van der Waals surface area contributed by atoms with Crippen molar-refractivity contribution >= 4 is 24.8 Å². The minimum atomic E-state index is 0. The van der Waals surface area contributed by atoms with Crippen LogP contribution in [0.1, 0.15) is 19.8 Å². The Bertz CT molecular complexity index is 66.8. The predicted molar refractivity (Wildman–Crippen MR) is 49.0 cm³/mol. The maximum atomic E-state index is 3.30. The Labute approximate surface area is 75.1 Å². The van der Waals surface area contributed by atoms with Crippen LogP contribution in [-0.4, -0.2) is 24.6 Å². The zero-order valence-electron chi connectivity index (χ0n) is 6.30. The summed E-state index contributed by atoms with van der Waals surface area (Å²) in [4.78, 5) is 0. The Balaban J connectivity index is 0. The van der Waals surface area contributed by atoms with Crippen molar-refractivity contribution in [3.63, 3.8) is 0 Å². The van der Waals surface area contributed by atoms with E-state index < -0.39 is 0 Å². The summed E-state index contributed by atoms with van der Waals surface area (Å²) in [5.74, 6) is 0. The third-order valence-corrected chi connectivity index (χ3v) is 1.44. The molecule has 1 N–H and O–H groups in total. The summed E-state index contributed by atoms with van der Waals surface area (Å²) < 4.78 is 0. The van der Waals surface area contributed by atoms with E-state index in [1.165, 1.54) is 25.9 Å². The molecule has 0 atom stereocenters. The van der Waals surface area contributed by atoms with Gasteiger partial charge in [-0.3, -0.25) is 5.43 Å². The third kappa shape index (κ3) is 4.34. The van der Waals surface area contributed by atoms with Crippen molar-refractivity contribution in [2.75, 3.05) is 19.6 Å². The van der Waals surface area contributed by atoms with E-state index in [-0.39, 0.29) is 24.8 Å². The van der Waals surface area contributed by atoms with Gasteiger partial charge in [0, 0.05) is 19.6 Å². The molecular formula is C6H16Cl2N2. The van der Waals surface area contributed by atoms with Crippen LogP contribution in [0.5, 0.6) is 0 Å². The van der Waals surface area contributed by atoms with Gasteiger partial charge in [-0.1, -0.05) is 6.92 Å². The molecule has 4 heteroatoms. The van der Waals surface area contributed by atoms with Crippen molar-refractivity contribution in [1.29, 1.82) is 0 Å². The average Bonchev–Trinajstić information content (AvgIpc) is 1.63. The summed E-state index contributed by atoms with van der Waals surface area (Å²) in [5, 5.41) is 2.27. The van der Waals surface area contributed by atoms with Gasteiger partial charge in [-0.25, -0.2) is 5.01 Å². The Morgan fingerprint density at radius 1 is 1.30 bits per heavy atom. The van der Waals surface area contributed by atoms with E-state index in [1.54, 1.807) is 0 Å². The van der Waals surface area contributed by atoms with Crippen LogP contribution in [-0.2, 0) is 0 Å². The Kier molecular flexibility index (Phi) is 9.97. The lowest BCUT2D eigenvalue weighted by Crippen LogP contribution is -2.47. The summed E-state index contributed by atoms with van der Waals surface area (Å²) in [5.41, 5.74) is 3.30. The number of hydrogen-bond donors (Lipinski definition) is 1. The molecule has 2 nitrogen and oxygen atoms in total. The molecule has 0 aromatic heterocycles. The van der Waals surface area contributed by atoms with Crippen LogP contribution in [0.4, 0.5) is 0 Å². The van der Waals surface area contributed by atoms with Crippen molar-refractivity contribution in [2.24, 2.45) is 0 Å². The van der Waals surface area contributed by atoms with Crippen LogP contribution in [0.2, 0.25) is 0 Å². The van der Waals surface area contributed by atoms with Crippen molar-refractivity contribution in [1.82, 2.24) is 10.4 Å². The number of rotatable bonds is 3. The zero-order chi connectivity index (χ0) is 5.82. The molecule has 0 aliphatic carbocycles. The van der Waals surface area contributed by atoms with Crippen LogP contribution in [0.25, 0.3) is 0 Å². The van der Waals surface area contributed by atoms with E-state index in [1.807, 2.05) is 0 Å².